The molecule has 0 saturated carbocycles. The van der Waals surface area contributed by atoms with Gasteiger partial charge in [0, 0.05) is 11.5 Å². The van der Waals surface area contributed by atoms with Gasteiger partial charge in [-0.25, -0.2) is 0 Å². The third kappa shape index (κ3) is 6.51. The summed E-state index contributed by atoms with van der Waals surface area (Å²) in [6.07, 6.45) is 0.539. The van der Waals surface area contributed by atoms with Gasteiger partial charge in [-0.05, 0) is 36.2 Å². The van der Waals surface area contributed by atoms with Gasteiger partial charge in [-0.2, -0.15) is 0 Å². The van der Waals surface area contributed by atoms with Crippen LogP contribution in [0.25, 0.3) is 0 Å². The molecule has 0 spiro atoms. The molecule has 24 heavy (non-hydrogen) atoms. The summed E-state index contributed by atoms with van der Waals surface area (Å²) in [6.45, 7) is 0.930. The summed E-state index contributed by atoms with van der Waals surface area (Å²) >= 11 is 3.38. The van der Waals surface area contributed by atoms with Crippen LogP contribution in [0.2, 0.25) is 0 Å². The van der Waals surface area contributed by atoms with E-state index >= 15 is 0 Å². The highest BCUT2D eigenvalue weighted by atomic mass is 79.9. The van der Waals surface area contributed by atoms with E-state index in [4.69, 9.17) is 10.5 Å². The maximum Gasteiger partial charge on any atom is 0.239 e. The molecule has 1 unspecified atom stereocenters. The smallest absolute Gasteiger partial charge is 0.239 e. The first-order chi connectivity index (χ1) is 11.1. The van der Waals surface area contributed by atoms with Crippen LogP contribution in [0.3, 0.4) is 0 Å². The molecule has 0 aliphatic carbocycles. The molecule has 0 aliphatic rings. The average Bonchev–Trinajstić information content (AvgIpc) is 2.56. The lowest BCUT2D eigenvalue weighted by atomic mass is 10.1. The molecule has 0 radical (unpaired) electrons. The van der Waals surface area contributed by atoms with Crippen LogP contribution < -0.4 is 10.5 Å². The number of carbonyl (C=O) groups excluding carboxylic acids is 1. The summed E-state index contributed by atoms with van der Waals surface area (Å²) in [4.78, 5) is 13.9. The van der Waals surface area contributed by atoms with Crippen molar-refractivity contribution >= 4 is 34.2 Å². The highest BCUT2D eigenvalue weighted by Gasteiger charge is 2.18. The topological polar surface area (TPSA) is 55.6 Å². The molecule has 6 heteroatoms. The van der Waals surface area contributed by atoms with Gasteiger partial charge in [0.1, 0.15) is 12.4 Å². The van der Waals surface area contributed by atoms with Gasteiger partial charge in [0.25, 0.3) is 0 Å². The SMILES string of the molecule is CN(CCOc1ccc(Br)cc1)C(=O)C(N)Cc1ccccc1.Cl. The van der Waals surface area contributed by atoms with Crippen molar-refractivity contribution in [2.24, 2.45) is 5.73 Å². The zero-order chi connectivity index (χ0) is 16.7. The minimum Gasteiger partial charge on any atom is -0.492 e. The second kappa shape index (κ2) is 10.3. The summed E-state index contributed by atoms with van der Waals surface area (Å²) < 4.78 is 6.63. The number of likely N-dealkylation sites (N-methyl/N-ethyl adjacent to an activating group) is 1. The van der Waals surface area contributed by atoms with Crippen molar-refractivity contribution in [3.63, 3.8) is 0 Å². The van der Waals surface area contributed by atoms with Crippen LogP contribution in [0.15, 0.2) is 59.1 Å². The van der Waals surface area contributed by atoms with Gasteiger partial charge < -0.3 is 15.4 Å². The summed E-state index contributed by atoms with van der Waals surface area (Å²) in [7, 11) is 1.75. The lowest BCUT2D eigenvalue weighted by molar-refractivity contribution is -0.131. The lowest BCUT2D eigenvalue weighted by Gasteiger charge is -2.21. The van der Waals surface area contributed by atoms with Crippen LogP contribution in [-0.2, 0) is 11.2 Å². The Labute approximate surface area is 157 Å². The molecule has 0 fully saturated rings. The Balaban J connectivity index is 0.00000288. The number of hydrogen-bond acceptors (Lipinski definition) is 3. The van der Waals surface area contributed by atoms with Crippen LogP contribution in [0.1, 0.15) is 5.56 Å². The van der Waals surface area contributed by atoms with Crippen molar-refractivity contribution in [1.29, 1.82) is 0 Å². The van der Waals surface area contributed by atoms with E-state index in [9.17, 15) is 4.79 Å². The number of benzene rings is 2. The normalized spacial score (nSPS) is 11.3. The Hall–Kier alpha value is -1.56. The van der Waals surface area contributed by atoms with Gasteiger partial charge in [0.15, 0.2) is 0 Å². The Morgan fingerprint density at radius 3 is 2.42 bits per heavy atom. The molecule has 0 saturated heterocycles. The van der Waals surface area contributed by atoms with E-state index in [1.54, 1.807) is 11.9 Å². The number of rotatable bonds is 7. The molecule has 0 aromatic heterocycles. The minimum atomic E-state index is -0.532. The van der Waals surface area contributed by atoms with Gasteiger partial charge in [-0.15, -0.1) is 12.4 Å². The summed E-state index contributed by atoms with van der Waals surface area (Å²) in [6, 6.07) is 16.9. The maximum absolute atomic E-state index is 12.3. The monoisotopic (exact) mass is 412 g/mol. The fraction of sp³-hybridized carbons (Fsp3) is 0.278. The van der Waals surface area contributed by atoms with Crippen molar-refractivity contribution in [2.45, 2.75) is 12.5 Å². The van der Waals surface area contributed by atoms with E-state index < -0.39 is 6.04 Å². The first-order valence-corrected chi connectivity index (χ1v) is 8.28. The number of halogens is 2. The quantitative estimate of drug-likeness (QED) is 0.758. The Morgan fingerprint density at radius 1 is 1.17 bits per heavy atom. The number of ether oxygens (including phenoxy) is 1. The van der Waals surface area contributed by atoms with Gasteiger partial charge in [-0.1, -0.05) is 46.3 Å². The highest BCUT2D eigenvalue weighted by Crippen LogP contribution is 2.15. The Kier molecular flexibility index (Phi) is 8.82. The molecule has 4 nitrogen and oxygen atoms in total. The van der Waals surface area contributed by atoms with Gasteiger partial charge >= 0.3 is 0 Å². The van der Waals surface area contributed by atoms with Crippen LogP contribution in [0.5, 0.6) is 5.75 Å². The maximum atomic E-state index is 12.3. The van der Waals surface area contributed by atoms with Crippen molar-refractivity contribution in [2.75, 3.05) is 20.2 Å². The first kappa shape index (κ1) is 20.5. The highest BCUT2D eigenvalue weighted by molar-refractivity contribution is 9.10. The third-order valence-corrected chi connectivity index (χ3v) is 4.03. The summed E-state index contributed by atoms with van der Waals surface area (Å²) in [5, 5.41) is 0. The predicted octanol–water partition coefficient (Wildman–Crippen LogP) is 3.28. The Bertz CT molecular complexity index is 623. The number of carbonyl (C=O) groups is 1. The third-order valence-electron chi connectivity index (χ3n) is 3.50. The molecule has 0 bridgehead atoms. The molecule has 1 atom stereocenters. The first-order valence-electron chi connectivity index (χ1n) is 7.49. The Morgan fingerprint density at radius 2 is 1.79 bits per heavy atom. The summed E-state index contributed by atoms with van der Waals surface area (Å²) in [5.74, 6) is 0.705. The number of nitrogens with two attached hydrogens (primary N) is 1. The average molecular weight is 414 g/mol. The van der Waals surface area contributed by atoms with Crippen LogP contribution in [0, 0.1) is 0 Å². The van der Waals surface area contributed by atoms with E-state index in [1.807, 2.05) is 54.6 Å². The van der Waals surface area contributed by atoms with Gasteiger partial charge in [0.2, 0.25) is 5.91 Å². The van der Waals surface area contributed by atoms with E-state index in [0.29, 0.717) is 19.6 Å². The molecule has 2 rings (SSSR count). The largest absolute Gasteiger partial charge is 0.492 e. The molecular weight excluding hydrogens is 392 g/mol. The van der Waals surface area contributed by atoms with Crippen molar-refractivity contribution in [3.8, 4) is 5.75 Å². The molecule has 1 amide bonds. The fourth-order valence-electron chi connectivity index (χ4n) is 2.18. The second-order valence-electron chi connectivity index (χ2n) is 5.36. The van der Waals surface area contributed by atoms with Crippen LogP contribution >= 0.6 is 28.3 Å². The number of nitrogens with zero attached hydrogens (tertiary/aromatic N) is 1. The van der Waals surface area contributed by atoms with Gasteiger partial charge in [0.05, 0.1) is 12.6 Å². The standard InChI is InChI=1S/C18H21BrN2O2.ClH/c1-21(11-12-23-16-9-7-15(19)8-10-16)18(22)17(20)13-14-5-3-2-4-6-14;/h2-10,17H,11-13,20H2,1H3;1H. The molecule has 2 aromatic rings. The molecule has 2 N–H and O–H groups in total. The fourth-order valence-corrected chi connectivity index (χ4v) is 2.44. The molecular formula is C18H22BrClN2O2. The van der Waals surface area contributed by atoms with E-state index in [2.05, 4.69) is 15.9 Å². The van der Waals surface area contributed by atoms with E-state index in [0.717, 1.165) is 15.8 Å². The van der Waals surface area contributed by atoms with E-state index in [-0.39, 0.29) is 18.3 Å². The zero-order valence-corrected chi connectivity index (χ0v) is 15.9. The van der Waals surface area contributed by atoms with Crippen LogP contribution in [0.4, 0.5) is 0 Å². The molecule has 130 valence electrons. The molecule has 0 aliphatic heterocycles. The van der Waals surface area contributed by atoms with Crippen LogP contribution in [-0.4, -0.2) is 37.0 Å². The zero-order valence-electron chi connectivity index (χ0n) is 13.5. The molecule has 0 heterocycles. The molecule has 2 aromatic carbocycles. The number of hydrogen-bond donors (Lipinski definition) is 1. The van der Waals surface area contributed by atoms with Crippen molar-refractivity contribution in [1.82, 2.24) is 4.90 Å². The lowest BCUT2D eigenvalue weighted by Crippen LogP contribution is -2.44. The number of amides is 1. The summed E-state index contributed by atoms with van der Waals surface area (Å²) in [5.41, 5.74) is 7.08. The minimum absolute atomic E-state index is 0. The van der Waals surface area contributed by atoms with Crippen molar-refractivity contribution < 1.29 is 9.53 Å². The van der Waals surface area contributed by atoms with Crippen molar-refractivity contribution in [3.05, 3.63) is 64.6 Å². The predicted molar refractivity (Wildman–Crippen MR) is 103 cm³/mol. The second-order valence-corrected chi connectivity index (χ2v) is 6.27. The van der Waals surface area contributed by atoms with E-state index in [1.165, 1.54) is 0 Å². The van der Waals surface area contributed by atoms with Gasteiger partial charge in [-0.3, -0.25) is 4.79 Å².